The SMILES string of the molecule is OC1(Cc2cccc(F)c2Cl)CCNCC1. The molecule has 0 spiro atoms. The summed E-state index contributed by atoms with van der Waals surface area (Å²) >= 11 is 5.87. The Morgan fingerprint density at radius 1 is 1.38 bits per heavy atom. The molecule has 0 aliphatic carbocycles. The predicted octanol–water partition coefficient (Wildman–Crippen LogP) is 2.14. The van der Waals surface area contributed by atoms with Crippen LogP contribution in [0.25, 0.3) is 0 Å². The van der Waals surface area contributed by atoms with Gasteiger partial charge < -0.3 is 10.4 Å². The number of rotatable bonds is 2. The number of aliphatic hydroxyl groups is 1. The molecular weight excluding hydrogens is 229 g/mol. The molecule has 0 aromatic heterocycles. The first kappa shape index (κ1) is 11.8. The quantitative estimate of drug-likeness (QED) is 0.834. The average molecular weight is 244 g/mol. The van der Waals surface area contributed by atoms with E-state index in [2.05, 4.69) is 5.32 Å². The van der Waals surface area contributed by atoms with Gasteiger partial charge in [0.05, 0.1) is 10.6 Å². The van der Waals surface area contributed by atoms with E-state index in [-0.39, 0.29) is 5.02 Å². The molecule has 0 saturated carbocycles. The van der Waals surface area contributed by atoms with Crippen molar-refractivity contribution < 1.29 is 9.50 Å². The van der Waals surface area contributed by atoms with Crippen LogP contribution in [-0.4, -0.2) is 23.8 Å². The van der Waals surface area contributed by atoms with Crippen molar-refractivity contribution in [1.82, 2.24) is 5.32 Å². The van der Waals surface area contributed by atoms with Crippen LogP contribution in [0.2, 0.25) is 5.02 Å². The lowest BCUT2D eigenvalue weighted by molar-refractivity contribution is 0.0108. The first-order valence-electron chi connectivity index (χ1n) is 5.47. The van der Waals surface area contributed by atoms with Crippen LogP contribution in [0.15, 0.2) is 18.2 Å². The number of hydrogen-bond acceptors (Lipinski definition) is 2. The molecule has 1 saturated heterocycles. The van der Waals surface area contributed by atoms with Crippen LogP contribution in [0.3, 0.4) is 0 Å². The highest BCUT2D eigenvalue weighted by Gasteiger charge is 2.30. The fourth-order valence-electron chi connectivity index (χ4n) is 2.11. The number of piperidine rings is 1. The smallest absolute Gasteiger partial charge is 0.142 e. The molecule has 0 unspecified atom stereocenters. The number of nitrogens with one attached hydrogen (secondary N) is 1. The highest BCUT2D eigenvalue weighted by Crippen LogP contribution is 2.28. The zero-order chi connectivity index (χ0) is 11.6. The van der Waals surface area contributed by atoms with Gasteiger partial charge in [-0.25, -0.2) is 4.39 Å². The summed E-state index contributed by atoms with van der Waals surface area (Å²) < 4.78 is 13.2. The Labute approximate surface area is 99.4 Å². The molecule has 0 atom stereocenters. The Morgan fingerprint density at radius 2 is 2.06 bits per heavy atom. The van der Waals surface area contributed by atoms with Gasteiger partial charge in [-0.1, -0.05) is 23.7 Å². The van der Waals surface area contributed by atoms with Gasteiger partial charge in [0.1, 0.15) is 5.82 Å². The van der Waals surface area contributed by atoms with Gasteiger partial charge in [-0.3, -0.25) is 0 Å². The zero-order valence-corrected chi connectivity index (χ0v) is 9.73. The van der Waals surface area contributed by atoms with Crippen molar-refractivity contribution in [3.63, 3.8) is 0 Å². The third-order valence-corrected chi connectivity index (χ3v) is 3.51. The molecule has 16 heavy (non-hydrogen) atoms. The van der Waals surface area contributed by atoms with Gasteiger partial charge in [-0.2, -0.15) is 0 Å². The summed E-state index contributed by atoms with van der Waals surface area (Å²) in [5, 5.41) is 13.6. The van der Waals surface area contributed by atoms with Crippen molar-refractivity contribution in [2.24, 2.45) is 0 Å². The minimum atomic E-state index is -0.747. The number of benzene rings is 1. The summed E-state index contributed by atoms with van der Waals surface area (Å²) in [5.41, 5.74) is -0.0612. The van der Waals surface area contributed by atoms with Crippen molar-refractivity contribution in [1.29, 1.82) is 0 Å². The lowest BCUT2D eigenvalue weighted by Crippen LogP contribution is -2.43. The minimum absolute atomic E-state index is 0.134. The summed E-state index contributed by atoms with van der Waals surface area (Å²) in [5.74, 6) is -0.420. The van der Waals surface area contributed by atoms with Crippen molar-refractivity contribution >= 4 is 11.6 Å². The number of halogens is 2. The maximum atomic E-state index is 13.2. The van der Waals surface area contributed by atoms with Gasteiger partial charge in [-0.15, -0.1) is 0 Å². The van der Waals surface area contributed by atoms with E-state index < -0.39 is 11.4 Å². The molecule has 1 fully saturated rings. The van der Waals surface area contributed by atoms with Gasteiger partial charge in [0.15, 0.2) is 0 Å². The van der Waals surface area contributed by atoms with E-state index in [1.54, 1.807) is 12.1 Å². The predicted molar refractivity (Wildman–Crippen MR) is 62.2 cm³/mol. The van der Waals surface area contributed by atoms with Crippen LogP contribution in [0.1, 0.15) is 18.4 Å². The third kappa shape index (κ3) is 2.54. The summed E-state index contributed by atoms with van der Waals surface area (Å²) in [6, 6.07) is 4.73. The molecule has 1 aromatic rings. The first-order valence-corrected chi connectivity index (χ1v) is 5.84. The maximum absolute atomic E-state index is 13.2. The van der Waals surface area contributed by atoms with Crippen molar-refractivity contribution in [3.8, 4) is 0 Å². The van der Waals surface area contributed by atoms with E-state index >= 15 is 0 Å². The topological polar surface area (TPSA) is 32.3 Å². The highest BCUT2D eigenvalue weighted by molar-refractivity contribution is 6.31. The second kappa shape index (κ2) is 4.70. The Balaban J connectivity index is 2.16. The van der Waals surface area contributed by atoms with Crippen LogP contribution >= 0.6 is 11.6 Å². The maximum Gasteiger partial charge on any atom is 0.142 e. The summed E-state index contributed by atoms with van der Waals surface area (Å²) in [4.78, 5) is 0. The van der Waals surface area contributed by atoms with Crippen LogP contribution < -0.4 is 5.32 Å². The van der Waals surface area contributed by atoms with Crippen molar-refractivity contribution in [2.45, 2.75) is 24.9 Å². The molecule has 2 nitrogen and oxygen atoms in total. The Kier molecular flexibility index (Phi) is 3.47. The molecule has 1 heterocycles. The molecule has 0 radical (unpaired) electrons. The summed E-state index contributed by atoms with van der Waals surface area (Å²) in [7, 11) is 0. The summed E-state index contributed by atoms with van der Waals surface area (Å²) in [6.45, 7) is 1.59. The first-order chi connectivity index (χ1) is 7.61. The zero-order valence-electron chi connectivity index (χ0n) is 8.97. The number of hydrogen-bond donors (Lipinski definition) is 2. The fraction of sp³-hybridized carbons (Fsp3) is 0.500. The molecule has 2 N–H and O–H groups in total. The largest absolute Gasteiger partial charge is 0.389 e. The molecule has 0 amide bonds. The van der Waals surface area contributed by atoms with Crippen LogP contribution in [-0.2, 0) is 6.42 Å². The van der Waals surface area contributed by atoms with E-state index in [9.17, 15) is 9.50 Å². The van der Waals surface area contributed by atoms with Gasteiger partial charge in [-0.05, 0) is 37.6 Å². The van der Waals surface area contributed by atoms with E-state index in [0.717, 1.165) is 13.1 Å². The minimum Gasteiger partial charge on any atom is -0.389 e. The fourth-order valence-corrected chi connectivity index (χ4v) is 2.30. The second-order valence-electron chi connectivity index (χ2n) is 4.36. The van der Waals surface area contributed by atoms with Crippen molar-refractivity contribution in [2.75, 3.05) is 13.1 Å². The molecule has 2 rings (SSSR count). The van der Waals surface area contributed by atoms with E-state index in [4.69, 9.17) is 11.6 Å². The van der Waals surface area contributed by atoms with Crippen LogP contribution in [0.4, 0.5) is 4.39 Å². The Hall–Kier alpha value is -0.640. The monoisotopic (exact) mass is 243 g/mol. The van der Waals surface area contributed by atoms with E-state index in [1.807, 2.05) is 0 Å². The molecule has 0 bridgehead atoms. The molecular formula is C12H15ClFNO. The van der Waals surface area contributed by atoms with Gasteiger partial charge >= 0.3 is 0 Å². The van der Waals surface area contributed by atoms with E-state index in [0.29, 0.717) is 24.8 Å². The molecule has 1 aliphatic rings. The summed E-state index contributed by atoms with van der Waals surface area (Å²) in [6.07, 6.45) is 1.78. The molecule has 1 aliphatic heterocycles. The van der Waals surface area contributed by atoms with E-state index in [1.165, 1.54) is 6.07 Å². The van der Waals surface area contributed by atoms with Crippen LogP contribution in [0.5, 0.6) is 0 Å². The Bertz CT molecular complexity index is 377. The standard InChI is InChI=1S/C12H15ClFNO/c13-11-9(2-1-3-10(11)14)8-12(16)4-6-15-7-5-12/h1-3,15-16H,4-8H2. The molecule has 1 aromatic carbocycles. The third-order valence-electron chi connectivity index (χ3n) is 3.09. The lowest BCUT2D eigenvalue weighted by Gasteiger charge is -2.32. The van der Waals surface area contributed by atoms with Crippen molar-refractivity contribution in [3.05, 3.63) is 34.6 Å². The highest BCUT2D eigenvalue weighted by atomic mass is 35.5. The van der Waals surface area contributed by atoms with Crippen LogP contribution in [0, 0.1) is 5.82 Å². The molecule has 88 valence electrons. The van der Waals surface area contributed by atoms with Gasteiger partial charge in [0, 0.05) is 6.42 Å². The molecule has 4 heteroatoms. The van der Waals surface area contributed by atoms with Gasteiger partial charge in [0.2, 0.25) is 0 Å². The lowest BCUT2D eigenvalue weighted by atomic mass is 9.86. The average Bonchev–Trinajstić information content (AvgIpc) is 2.26. The second-order valence-corrected chi connectivity index (χ2v) is 4.74. The van der Waals surface area contributed by atoms with Gasteiger partial charge in [0.25, 0.3) is 0 Å². The normalized spacial score (nSPS) is 19.7. The Morgan fingerprint density at radius 3 is 2.75 bits per heavy atom.